The van der Waals surface area contributed by atoms with Crippen LogP contribution in [0.4, 0.5) is 14.5 Å². The summed E-state index contributed by atoms with van der Waals surface area (Å²) in [4.78, 5) is 23.7. The van der Waals surface area contributed by atoms with Crippen molar-refractivity contribution >= 4 is 23.6 Å². The molecule has 1 N–H and O–H groups in total. The Kier molecular flexibility index (Phi) is 4.74. The SMILES string of the molecule is O=C(COC(=O)C1=Cc2ccccc2OC1)Nc1ccc(F)cc1F. The maximum absolute atomic E-state index is 13.5. The van der Waals surface area contributed by atoms with Crippen molar-refractivity contribution in [2.24, 2.45) is 0 Å². The second kappa shape index (κ2) is 7.12. The first-order valence-corrected chi connectivity index (χ1v) is 7.37. The summed E-state index contributed by atoms with van der Waals surface area (Å²) in [7, 11) is 0. The van der Waals surface area contributed by atoms with Gasteiger partial charge in [0.05, 0.1) is 11.3 Å². The number of fused-ring (bicyclic) bond motifs is 1. The normalized spacial score (nSPS) is 12.5. The van der Waals surface area contributed by atoms with Crippen molar-refractivity contribution in [3.05, 3.63) is 65.2 Å². The maximum atomic E-state index is 13.5. The van der Waals surface area contributed by atoms with Crippen molar-refractivity contribution < 1.29 is 27.8 Å². The molecule has 0 unspecified atom stereocenters. The lowest BCUT2D eigenvalue weighted by Gasteiger charge is -2.16. The van der Waals surface area contributed by atoms with Crippen LogP contribution in [-0.4, -0.2) is 25.1 Å². The monoisotopic (exact) mass is 345 g/mol. The lowest BCUT2D eigenvalue weighted by Crippen LogP contribution is -2.24. The molecular formula is C18H13F2NO4. The van der Waals surface area contributed by atoms with E-state index < -0.39 is 30.1 Å². The number of ether oxygens (including phenoxy) is 2. The molecule has 0 bridgehead atoms. The molecule has 3 rings (SSSR count). The Balaban J connectivity index is 1.57. The van der Waals surface area contributed by atoms with Gasteiger partial charge in [-0.15, -0.1) is 0 Å². The lowest BCUT2D eigenvalue weighted by molar-refractivity contribution is -0.143. The predicted octanol–water partition coefficient (Wildman–Crippen LogP) is 2.92. The molecule has 1 heterocycles. The smallest absolute Gasteiger partial charge is 0.338 e. The molecule has 1 aliphatic heterocycles. The number of para-hydroxylation sites is 1. The summed E-state index contributed by atoms with van der Waals surface area (Å²) < 4.78 is 36.6. The average Bonchev–Trinajstić information content (AvgIpc) is 2.61. The molecule has 5 nitrogen and oxygen atoms in total. The zero-order chi connectivity index (χ0) is 17.8. The molecule has 1 aliphatic rings. The van der Waals surface area contributed by atoms with E-state index in [1.165, 1.54) is 0 Å². The van der Waals surface area contributed by atoms with E-state index in [-0.39, 0.29) is 17.9 Å². The van der Waals surface area contributed by atoms with Crippen LogP contribution in [0.3, 0.4) is 0 Å². The van der Waals surface area contributed by atoms with Crippen molar-refractivity contribution in [1.29, 1.82) is 0 Å². The zero-order valence-corrected chi connectivity index (χ0v) is 12.9. The van der Waals surface area contributed by atoms with E-state index in [0.29, 0.717) is 11.8 Å². The molecule has 2 aromatic rings. The van der Waals surface area contributed by atoms with Crippen molar-refractivity contribution in [1.82, 2.24) is 0 Å². The van der Waals surface area contributed by atoms with E-state index in [1.54, 1.807) is 24.3 Å². The summed E-state index contributed by atoms with van der Waals surface area (Å²) in [5.41, 5.74) is 0.801. The summed E-state index contributed by atoms with van der Waals surface area (Å²) in [5, 5.41) is 2.20. The molecule has 0 atom stereocenters. The maximum Gasteiger partial charge on any atom is 0.338 e. The Morgan fingerprint density at radius 1 is 1.16 bits per heavy atom. The Hall–Kier alpha value is -3.22. The van der Waals surface area contributed by atoms with Gasteiger partial charge in [-0.05, 0) is 24.3 Å². The summed E-state index contributed by atoms with van der Waals surface area (Å²) in [6.45, 7) is -0.571. The third kappa shape index (κ3) is 4.00. The molecule has 0 aliphatic carbocycles. The molecule has 0 saturated carbocycles. The van der Waals surface area contributed by atoms with Gasteiger partial charge in [-0.1, -0.05) is 18.2 Å². The van der Waals surface area contributed by atoms with E-state index in [2.05, 4.69) is 5.32 Å². The highest BCUT2D eigenvalue weighted by atomic mass is 19.1. The molecule has 0 saturated heterocycles. The van der Waals surface area contributed by atoms with Crippen LogP contribution in [0.2, 0.25) is 0 Å². The third-order valence-corrected chi connectivity index (χ3v) is 3.43. The second-order valence-corrected chi connectivity index (χ2v) is 5.24. The van der Waals surface area contributed by atoms with E-state index in [0.717, 1.165) is 17.7 Å². The van der Waals surface area contributed by atoms with Crippen LogP contribution in [0.1, 0.15) is 5.56 Å². The van der Waals surface area contributed by atoms with E-state index >= 15 is 0 Å². The van der Waals surface area contributed by atoms with Crippen LogP contribution in [0.15, 0.2) is 48.0 Å². The Labute approximate surface area is 141 Å². The standard InChI is InChI=1S/C18H13F2NO4/c19-13-5-6-15(14(20)8-13)21-17(22)10-25-18(23)12-7-11-3-1-2-4-16(11)24-9-12/h1-8H,9-10H2,(H,21,22). The van der Waals surface area contributed by atoms with E-state index in [9.17, 15) is 18.4 Å². The largest absolute Gasteiger partial charge is 0.488 e. The molecule has 0 fully saturated rings. The van der Waals surface area contributed by atoms with Crippen molar-refractivity contribution in [3.63, 3.8) is 0 Å². The molecule has 0 radical (unpaired) electrons. The molecule has 128 valence electrons. The molecule has 7 heteroatoms. The molecule has 25 heavy (non-hydrogen) atoms. The number of hydrogen-bond donors (Lipinski definition) is 1. The first kappa shape index (κ1) is 16.6. The summed E-state index contributed by atoms with van der Waals surface area (Å²) >= 11 is 0. The lowest BCUT2D eigenvalue weighted by atomic mass is 10.1. The number of carbonyl (C=O) groups is 2. The fourth-order valence-electron chi connectivity index (χ4n) is 2.23. The van der Waals surface area contributed by atoms with Gasteiger partial charge in [-0.25, -0.2) is 13.6 Å². The third-order valence-electron chi connectivity index (χ3n) is 3.43. The van der Waals surface area contributed by atoms with Gasteiger partial charge < -0.3 is 14.8 Å². The first-order valence-electron chi connectivity index (χ1n) is 7.37. The Bertz CT molecular complexity index is 864. The fraction of sp³-hybridized carbons (Fsp3) is 0.111. The zero-order valence-electron chi connectivity index (χ0n) is 12.9. The second-order valence-electron chi connectivity index (χ2n) is 5.24. The Morgan fingerprint density at radius 2 is 1.96 bits per heavy atom. The van der Waals surface area contributed by atoms with Gasteiger partial charge in [-0.3, -0.25) is 4.79 Å². The van der Waals surface area contributed by atoms with Crippen LogP contribution in [0.25, 0.3) is 6.08 Å². The average molecular weight is 345 g/mol. The number of nitrogens with one attached hydrogen (secondary N) is 1. The molecule has 1 amide bonds. The summed E-state index contributed by atoms with van der Waals surface area (Å²) in [6, 6.07) is 9.91. The number of hydrogen-bond acceptors (Lipinski definition) is 4. The Morgan fingerprint density at radius 3 is 2.76 bits per heavy atom. The minimum Gasteiger partial charge on any atom is -0.488 e. The van der Waals surface area contributed by atoms with Crippen LogP contribution in [-0.2, 0) is 14.3 Å². The molecule has 0 aromatic heterocycles. The van der Waals surface area contributed by atoms with Crippen LogP contribution in [0, 0.1) is 11.6 Å². The number of anilines is 1. The molecule has 2 aromatic carbocycles. The first-order chi connectivity index (χ1) is 12.0. The van der Waals surface area contributed by atoms with Crippen molar-refractivity contribution in [3.8, 4) is 5.75 Å². The van der Waals surface area contributed by atoms with E-state index in [1.807, 2.05) is 6.07 Å². The highest BCUT2D eigenvalue weighted by Crippen LogP contribution is 2.26. The number of halogens is 2. The van der Waals surface area contributed by atoms with Gasteiger partial charge in [0, 0.05) is 11.6 Å². The van der Waals surface area contributed by atoms with Crippen LogP contribution >= 0.6 is 0 Å². The van der Waals surface area contributed by atoms with Crippen LogP contribution in [0.5, 0.6) is 5.75 Å². The number of rotatable bonds is 4. The van der Waals surface area contributed by atoms with Gasteiger partial charge in [0.1, 0.15) is 24.0 Å². The number of esters is 1. The van der Waals surface area contributed by atoms with Gasteiger partial charge in [0.25, 0.3) is 5.91 Å². The summed E-state index contributed by atoms with van der Waals surface area (Å²) in [6.07, 6.45) is 1.62. The fourth-order valence-corrected chi connectivity index (χ4v) is 2.23. The van der Waals surface area contributed by atoms with Crippen molar-refractivity contribution in [2.45, 2.75) is 0 Å². The highest BCUT2D eigenvalue weighted by molar-refractivity contribution is 5.98. The minimum absolute atomic E-state index is 0.0318. The van der Waals surface area contributed by atoms with Gasteiger partial charge in [0.15, 0.2) is 6.61 Å². The number of benzene rings is 2. The summed E-state index contributed by atoms with van der Waals surface area (Å²) in [5.74, 6) is -2.46. The minimum atomic E-state index is -0.917. The molecular weight excluding hydrogens is 332 g/mol. The van der Waals surface area contributed by atoms with Gasteiger partial charge in [-0.2, -0.15) is 0 Å². The predicted molar refractivity (Wildman–Crippen MR) is 85.9 cm³/mol. The van der Waals surface area contributed by atoms with Gasteiger partial charge >= 0.3 is 5.97 Å². The van der Waals surface area contributed by atoms with Gasteiger partial charge in [0.2, 0.25) is 0 Å². The highest BCUT2D eigenvalue weighted by Gasteiger charge is 2.19. The molecule has 0 spiro atoms. The number of amides is 1. The van der Waals surface area contributed by atoms with Crippen LogP contribution < -0.4 is 10.1 Å². The number of carbonyl (C=O) groups excluding carboxylic acids is 2. The quantitative estimate of drug-likeness (QED) is 0.866. The topological polar surface area (TPSA) is 64.6 Å². The van der Waals surface area contributed by atoms with E-state index in [4.69, 9.17) is 9.47 Å². The van der Waals surface area contributed by atoms with Crippen molar-refractivity contribution in [2.75, 3.05) is 18.5 Å².